The summed E-state index contributed by atoms with van der Waals surface area (Å²) >= 11 is 0. The van der Waals surface area contributed by atoms with Gasteiger partial charge in [-0.2, -0.15) is 0 Å². The lowest BCUT2D eigenvalue weighted by Crippen LogP contribution is -2.50. The largest absolute Gasteiger partial charge is 0.464 e. The summed E-state index contributed by atoms with van der Waals surface area (Å²) in [6.45, 7) is 4.12. The zero-order valence-corrected chi connectivity index (χ0v) is 11.3. The van der Waals surface area contributed by atoms with Gasteiger partial charge in [-0.15, -0.1) is 0 Å². The molecule has 1 aliphatic rings. The second-order valence-electron chi connectivity index (χ2n) is 4.86. The maximum absolute atomic E-state index is 11.7. The maximum Gasteiger partial charge on any atom is 0.332 e. The third-order valence-electron chi connectivity index (χ3n) is 3.59. The van der Waals surface area contributed by atoms with Crippen LogP contribution >= 0.6 is 0 Å². The molecule has 5 heteroatoms. The molecule has 0 saturated heterocycles. The van der Waals surface area contributed by atoms with Crippen LogP contribution in [0.1, 0.15) is 46.0 Å². The average molecular weight is 256 g/mol. The van der Waals surface area contributed by atoms with Gasteiger partial charge in [-0.25, -0.2) is 4.79 Å². The normalized spacial score (nSPS) is 25.3. The number of carbonyl (C=O) groups excluding carboxylic acids is 2. The predicted molar refractivity (Wildman–Crippen MR) is 68.8 cm³/mol. The van der Waals surface area contributed by atoms with E-state index in [-0.39, 0.29) is 12.6 Å². The molecule has 1 rings (SSSR count). The second-order valence-corrected chi connectivity index (χ2v) is 4.86. The molecule has 1 fully saturated rings. The van der Waals surface area contributed by atoms with E-state index in [1.54, 1.807) is 6.92 Å². The number of hydrogen-bond acceptors (Lipinski definition) is 4. The smallest absolute Gasteiger partial charge is 0.332 e. The zero-order chi connectivity index (χ0) is 13.5. The van der Waals surface area contributed by atoms with Gasteiger partial charge >= 0.3 is 5.97 Å². The summed E-state index contributed by atoms with van der Waals surface area (Å²) in [5.41, 5.74) is 5.53. The molecule has 0 spiro atoms. The van der Waals surface area contributed by atoms with Gasteiger partial charge in [0.1, 0.15) is 0 Å². The summed E-state index contributed by atoms with van der Waals surface area (Å²) in [5, 5.41) is 2.84. The van der Waals surface area contributed by atoms with Crippen LogP contribution in [0.2, 0.25) is 0 Å². The molecule has 3 N–H and O–H groups in total. The lowest BCUT2D eigenvalue weighted by Gasteiger charge is -2.28. The molecule has 0 radical (unpaired) electrons. The summed E-state index contributed by atoms with van der Waals surface area (Å²) in [6.07, 6.45) is 5.41. The number of hydrogen-bond donors (Lipinski definition) is 2. The predicted octanol–water partition coefficient (Wildman–Crippen LogP) is 0.962. The van der Waals surface area contributed by atoms with Crippen LogP contribution in [-0.4, -0.2) is 30.6 Å². The van der Waals surface area contributed by atoms with Crippen molar-refractivity contribution < 1.29 is 14.3 Å². The van der Waals surface area contributed by atoms with Gasteiger partial charge in [-0.1, -0.05) is 13.3 Å². The lowest BCUT2D eigenvalue weighted by molar-refractivity contribution is -0.148. The van der Waals surface area contributed by atoms with Crippen LogP contribution in [0.4, 0.5) is 0 Å². The molecule has 0 aromatic rings. The molecule has 104 valence electrons. The molecule has 18 heavy (non-hydrogen) atoms. The molecule has 0 aliphatic heterocycles. The number of rotatable bonds is 5. The molecule has 1 atom stereocenters. The van der Waals surface area contributed by atoms with Crippen molar-refractivity contribution in [1.29, 1.82) is 0 Å². The van der Waals surface area contributed by atoms with Crippen LogP contribution in [0.3, 0.4) is 0 Å². The lowest BCUT2D eigenvalue weighted by atomic mass is 9.84. The monoisotopic (exact) mass is 256 g/mol. The first-order valence-electron chi connectivity index (χ1n) is 6.81. The average Bonchev–Trinajstić information content (AvgIpc) is 2.39. The number of nitrogens with one attached hydrogen (secondary N) is 1. The van der Waals surface area contributed by atoms with Crippen LogP contribution in [0.5, 0.6) is 0 Å². The summed E-state index contributed by atoms with van der Waals surface area (Å²) in [6, 6.07) is -1.05. The van der Waals surface area contributed by atoms with Crippen molar-refractivity contribution in [3.8, 4) is 0 Å². The first kappa shape index (κ1) is 15.0. The Kier molecular flexibility index (Phi) is 6.12. The molecule has 0 aromatic carbocycles. The number of carbonyl (C=O) groups is 2. The van der Waals surface area contributed by atoms with Gasteiger partial charge in [0.25, 0.3) is 0 Å². The van der Waals surface area contributed by atoms with Crippen LogP contribution in [-0.2, 0) is 14.3 Å². The number of nitrogens with two attached hydrogens (primary N) is 1. The summed E-state index contributed by atoms with van der Waals surface area (Å²) in [5.74, 6) is -0.303. The van der Waals surface area contributed by atoms with Crippen molar-refractivity contribution in [2.45, 2.75) is 58.0 Å². The first-order valence-corrected chi connectivity index (χ1v) is 6.81. The Morgan fingerprint density at radius 3 is 2.39 bits per heavy atom. The Balaban J connectivity index is 2.34. The van der Waals surface area contributed by atoms with Crippen LogP contribution < -0.4 is 11.1 Å². The van der Waals surface area contributed by atoms with Crippen molar-refractivity contribution in [2.24, 2.45) is 11.7 Å². The highest BCUT2D eigenvalue weighted by Crippen LogP contribution is 2.26. The Morgan fingerprint density at radius 2 is 1.89 bits per heavy atom. The maximum atomic E-state index is 11.7. The molecule has 1 aliphatic carbocycles. The van der Waals surface area contributed by atoms with E-state index in [1.807, 2.05) is 0 Å². The van der Waals surface area contributed by atoms with E-state index in [0.29, 0.717) is 0 Å². The van der Waals surface area contributed by atoms with Gasteiger partial charge in [-0.3, -0.25) is 4.79 Å². The fraction of sp³-hybridized carbons (Fsp3) is 0.846. The molecule has 1 unspecified atom stereocenters. The van der Waals surface area contributed by atoms with Gasteiger partial charge in [0.2, 0.25) is 5.91 Å². The topological polar surface area (TPSA) is 81.4 Å². The number of ether oxygens (including phenoxy) is 1. The van der Waals surface area contributed by atoms with E-state index in [1.165, 1.54) is 6.42 Å². The second kappa shape index (κ2) is 7.36. The van der Waals surface area contributed by atoms with Crippen LogP contribution in [0.15, 0.2) is 0 Å². The van der Waals surface area contributed by atoms with Gasteiger partial charge in [-0.05, 0) is 38.5 Å². The number of amides is 1. The van der Waals surface area contributed by atoms with Crippen molar-refractivity contribution >= 4 is 11.9 Å². The van der Waals surface area contributed by atoms with E-state index < -0.39 is 17.9 Å². The van der Waals surface area contributed by atoms with E-state index in [2.05, 4.69) is 12.2 Å². The molecule has 1 amide bonds. The number of esters is 1. The zero-order valence-electron chi connectivity index (χ0n) is 11.3. The highest BCUT2D eigenvalue weighted by Gasteiger charge is 2.27. The highest BCUT2D eigenvalue weighted by molar-refractivity contribution is 6.01. The minimum absolute atomic E-state index is 0.153. The van der Waals surface area contributed by atoms with Crippen LogP contribution in [0.25, 0.3) is 0 Å². The Morgan fingerprint density at radius 1 is 1.28 bits per heavy atom. The molecule has 0 aromatic heterocycles. The molecule has 5 nitrogen and oxygen atoms in total. The van der Waals surface area contributed by atoms with Crippen molar-refractivity contribution in [3.05, 3.63) is 0 Å². The van der Waals surface area contributed by atoms with E-state index in [9.17, 15) is 9.59 Å². The highest BCUT2D eigenvalue weighted by atomic mass is 16.5. The van der Waals surface area contributed by atoms with Gasteiger partial charge in [0.05, 0.1) is 6.61 Å². The summed E-state index contributed by atoms with van der Waals surface area (Å²) in [7, 11) is 0. The minimum atomic E-state index is -1.20. The first-order chi connectivity index (χ1) is 8.58. The SMILES string of the molecule is CCOC(=O)C(N)C(=O)NC1CCC(CC)CC1. The molecule has 0 heterocycles. The fourth-order valence-electron chi connectivity index (χ4n) is 2.35. The third kappa shape index (κ3) is 4.29. The Hall–Kier alpha value is -1.10. The van der Waals surface area contributed by atoms with Gasteiger partial charge < -0.3 is 15.8 Å². The standard InChI is InChI=1S/C13H24N2O3/c1-3-9-5-7-10(8-6-9)15-12(16)11(14)13(17)18-4-2/h9-11H,3-8,14H2,1-2H3,(H,15,16). The molecule has 1 saturated carbocycles. The summed E-state index contributed by atoms with van der Waals surface area (Å²) in [4.78, 5) is 23.1. The van der Waals surface area contributed by atoms with E-state index >= 15 is 0 Å². The Bertz CT molecular complexity index is 286. The molecule has 0 bridgehead atoms. The fourth-order valence-corrected chi connectivity index (χ4v) is 2.35. The van der Waals surface area contributed by atoms with E-state index in [0.717, 1.165) is 31.6 Å². The molecular formula is C13H24N2O3. The van der Waals surface area contributed by atoms with Crippen molar-refractivity contribution in [3.63, 3.8) is 0 Å². The molecular weight excluding hydrogens is 232 g/mol. The van der Waals surface area contributed by atoms with Gasteiger partial charge in [0, 0.05) is 6.04 Å². The van der Waals surface area contributed by atoms with Crippen LogP contribution in [0, 0.1) is 5.92 Å². The third-order valence-corrected chi connectivity index (χ3v) is 3.59. The summed E-state index contributed by atoms with van der Waals surface area (Å²) < 4.78 is 4.72. The van der Waals surface area contributed by atoms with Crippen molar-refractivity contribution in [1.82, 2.24) is 5.32 Å². The van der Waals surface area contributed by atoms with Gasteiger partial charge in [0.15, 0.2) is 6.04 Å². The Labute approximate surface area is 108 Å². The quantitative estimate of drug-likeness (QED) is 0.567. The van der Waals surface area contributed by atoms with Crippen molar-refractivity contribution in [2.75, 3.05) is 6.61 Å². The minimum Gasteiger partial charge on any atom is -0.464 e. The van der Waals surface area contributed by atoms with E-state index in [4.69, 9.17) is 10.5 Å².